The number of nitrogens with zero attached hydrogens (tertiary/aromatic N) is 2. The fourth-order valence-electron chi connectivity index (χ4n) is 1.23. The number of hydrogen-bond donors (Lipinski definition) is 3. The number of carbonyl (C=O) groups is 1. The number of anilines is 2. The Hall–Kier alpha value is -2.09. The monoisotopic (exact) mass is 255 g/mol. The molecule has 8 nitrogen and oxygen atoms in total. The van der Waals surface area contributed by atoms with Gasteiger partial charge in [0.2, 0.25) is 11.7 Å². The topological polar surface area (TPSA) is 111 Å². The molecule has 8 heteroatoms. The predicted molar refractivity (Wildman–Crippen MR) is 66.4 cm³/mol. The van der Waals surface area contributed by atoms with Crippen LogP contribution in [0.15, 0.2) is 6.33 Å². The molecule has 0 aliphatic carbocycles. The van der Waals surface area contributed by atoms with Crippen molar-refractivity contribution in [2.75, 3.05) is 45.0 Å². The van der Waals surface area contributed by atoms with Crippen LogP contribution in [0.1, 0.15) is 0 Å². The fourth-order valence-corrected chi connectivity index (χ4v) is 1.23. The van der Waals surface area contributed by atoms with Gasteiger partial charge in [0.15, 0.2) is 11.6 Å². The van der Waals surface area contributed by atoms with Crippen molar-refractivity contribution in [1.29, 1.82) is 0 Å². The van der Waals surface area contributed by atoms with Crippen LogP contribution in [-0.2, 0) is 9.53 Å². The summed E-state index contributed by atoms with van der Waals surface area (Å²) in [5.41, 5.74) is 5.60. The second-order valence-corrected chi connectivity index (χ2v) is 3.34. The average molecular weight is 255 g/mol. The van der Waals surface area contributed by atoms with Crippen LogP contribution in [-0.4, -0.2) is 49.8 Å². The lowest BCUT2D eigenvalue weighted by Crippen LogP contribution is -2.32. The van der Waals surface area contributed by atoms with Gasteiger partial charge < -0.3 is 25.8 Å². The van der Waals surface area contributed by atoms with E-state index in [0.717, 1.165) is 0 Å². The van der Waals surface area contributed by atoms with Crippen molar-refractivity contribution in [2.24, 2.45) is 0 Å². The lowest BCUT2D eigenvalue weighted by molar-refractivity contribution is -0.119. The van der Waals surface area contributed by atoms with E-state index in [2.05, 4.69) is 20.6 Å². The van der Waals surface area contributed by atoms with Gasteiger partial charge in [0.05, 0.1) is 20.3 Å². The Bertz CT molecular complexity index is 399. The summed E-state index contributed by atoms with van der Waals surface area (Å²) in [5.74, 6) is 0.746. The van der Waals surface area contributed by atoms with E-state index >= 15 is 0 Å². The van der Waals surface area contributed by atoms with E-state index in [0.29, 0.717) is 24.7 Å². The van der Waals surface area contributed by atoms with Crippen LogP contribution in [0.3, 0.4) is 0 Å². The maximum Gasteiger partial charge on any atom is 0.239 e. The smallest absolute Gasteiger partial charge is 0.239 e. The summed E-state index contributed by atoms with van der Waals surface area (Å²) in [6.45, 7) is 0.992. The molecule has 1 heterocycles. The minimum Gasteiger partial charge on any atom is -0.490 e. The van der Waals surface area contributed by atoms with Crippen LogP contribution in [0.5, 0.6) is 5.75 Å². The lowest BCUT2D eigenvalue weighted by Gasteiger charge is -2.10. The second kappa shape index (κ2) is 7.28. The van der Waals surface area contributed by atoms with Crippen LogP contribution in [0.25, 0.3) is 0 Å². The number of ether oxygens (including phenoxy) is 2. The number of carbonyl (C=O) groups excluding carboxylic acids is 1. The van der Waals surface area contributed by atoms with Gasteiger partial charge in [0, 0.05) is 13.7 Å². The maximum absolute atomic E-state index is 11.4. The molecule has 100 valence electrons. The lowest BCUT2D eigenvalue weighted by atomic mass is 10.4. The number of nitrogens with two attached hydrogens (primary N) is 1. The predicted octanol–water partition coefficient (Wildman–Crippen LogP) is -0.758. The van der Waals surface area contributed by atoms with E-state index in [9.17, 15) is 4.79 Å². The number of nitrogens with one attached hydrogen (secondary N) is 2. The Morgan fingerprint density at radius 1 is 1.44 bits per heavy atom. The molecule has 0 saturated heterocycles. The molecule has 0 aromatic carbocycles. The SMILES string of the molecule is COCCNC(=O)CNc1ncnc(N)c1OC. The van der Waals surface area contributed by atoms with Crippen LogP contribution in [0.4, 0.5) is 11.6 Å². The zero-order chi connectivity index (χ0) is 13.4. The summed E-state index contributed by atoms with van der Waals surface area (Å²) in [5, 5.41) is 5.49. The molecular weight excluding hydrogens is 238 g/mol. The zero-order valence-corrected chi connectivity index (χ0v) is 10.4. The molecule has 0 spiro atoms. The summed E-state index contributed by atoms with van der Waals surface area (Å²) in [4.78, 5) is 19.2. The number of aromatic nitrogens is 2. The molecule has 1 amide bonds. The zero-order valence-electron chi connectivity index (χ0n) is 10.4. The van der Waals surface area contributed by atoms with Crippen molar-refractivity contribution >= 4 is 17.5 Å². The molecule has 0 unspecified atom stereocenters. The van der Waals surface area contributed by atoms with E-state index < -0.39 is 0 Å². The van der Waals surface area contributed by atoms with Crippen molar-refractivity contribution in [3.63, 3.8) is 0 Å². The quantitative estimate of drug-likeness (QED) is 0.549. The Balaban J connectivity index is 2.48. The van der Waals surface area contributed by atoms with Gasteiger partial charge in [0.25, 0.3) is 0 Å². The highest BCUT2D eigenvalue weighted by Gasteiger charge is 2.10. The van der Waals surface area contributed by atoms with Gasteiger partial charge in [-0.3, -0.25) is 4.79 Å². The molecule has 0 fully saturated rings. The fraction of sp³-hybridized carbons (Fsp3) is 0.500. The van der Waals surface area contributed by atoms with Crippen molar-refractivity contribution in [1.82, 2.24) is 15.3 Å². The van der Waals surface area contributed by atoms with Gasteiger partial charge in [0.1, 0.15) is 6.33 Å². The Kier molecular flexibility index (Phi) is 5.65. The van der Waals surface area contributed by atoms with E-state index in [1.165, 1.54) is 13.4 Å². The Morgan fingerprint density at radius 3 is 2.89 bits per heavy atom. The molecule has 0 atom stereocenters. The molecular formula is C10H17N5O3. The highest BCUT2D eigenvalue weighted by atomic mass is 16.5. The molecule has 1 aromatic heterocycles. The van der Waals surface area contributed by atoms with Crippen molar-refractivity contribution in [2.45, 2.75) is 0 Å². The number of methoxy groups -OCH3 is 2. The molecule has 4 N–H and O–H groups in total. The van der Waals surface area contributed by atoms with Crippen molar-refractivity contribution in [3.05, 3.63) is 6.33 Å². The average Bonchev–Trinajstić information content (AvgIpc) is 2.36. The molecule has 0 radical (unpaired) electrons. The molecule has 0 bridgehead atoms. The van der Waals surface area contributed by atoms with Gasteiger partial charge in [-0.25, -0.2) is 9.97 Å². The molecule has 1 aromatic rings. The van der Waals surface area contributed by atoms with E-state index in [4.69, 9.17) is 15.2 Å². The van der Waals surface area contributed by atoms with Crippen LogP contribution < -0.4 is 21.1 Å². The maximum atomic E-state index is 11.4. The Morgan fingerprint density at radius 2 is 2.22 bits per heavy atom. The highest BCUT2D eigenvalue weighted by Crippen LogP contribution is 2.25. The first kappa shape index (κ1) is 14.0. The minimum absolute atomic E-state index is 0.0660. The Labute approximate surface area is 105 Å². The minimum atomic E-state index is -0.175. The third-order valence-electron chi connectivity index (χ3n) is 2.08. The van der Waals surface area contributed by atoms with Crippen molar-refractivity contribution < 1.29 is 14.3 Å². The third-order valence-corrected chi connectivity index (χ3v) is 2.08. The van der Waals surface area contributed by atoms with E-state index in [-0.39, 0.29) is 18.3 Å². The summed E-state index contributed by atoms with van der Waals surface area (Å²) < 4.78 is 9.86. The standard InChI is InChI=1S/C10H17N5O3/c1-17-4-3-12-7(16)5-13-10-8(18-2)9(11)14-6-15-10/h6H,3-5H2,1-2H3,(H,12,16)(H3,11,13,14,15). The molecule has 0 aliphatic heterocycles. The second-order valence-electron chi connectivity index (χ2n) is 3.34. The number of nitrogen functional groups attached to an aromatic ring is 1. The number of amides is 1. The largest absolute Gasteiger partial charge is 0.490 e. The summed E-state index contributed by atoms with van der Waals surface area (Å²) in [6.07, 6.45) is 1.29. The van der Waals surface area contributed by atoms with Crippen molar-refractivity contribution in [3.8, 4) is 5.75 Å². The molecule has 1 rings (SSSR count). The van der Waals surface area contributed by atoms with Crippen LogP contribution in [0, 0.1) is 0 Å². The highest BCUT2D eigenvalue weighted by molar-refractivity contribution is 5.81. The van der Waals surface area contributed by atoms with E-state index in [1.54, 1.807) is 7.11 Å². The van der Waals surface area contributed by atoms with Gasteiger partial charge in [-0.1, -0.05) is 0 Å². The number of rotatable bonds is 7. The van der Waals surface area contributed by atoms with Gasteiger partial charge >= 0.3 is 0 Å². The third kappa shape index (κ3) is 4.06. The summed E-state index contributed by atoms with van der Waals surface area (Å²) in [7, 11) is 3.03. The molecule has 18 heavy (non-hydrogen) atoms. The first-order chi connectivity index (χ1) is 8.69. The van der Waals surface area contributed by atoms with Gasteiger partial charge in [-0.15, -0.1) is 0 Å². The summed E-state index contributed by atoms with van der Waals surface area (Å²) in [6, 6.07) is 0. The number of hydrogen-bond acceptors (Lipinski definition) is 7. The van der Waals surface area contributed by atoms with Gasteiger partial charge in [-0.2, -0.15) is 0 Å². The van der Waals surface area contributed by atoms with Gasteiger partial charge in [-0.05, 0) is 0 Å². The van der Waals surface area contributed by atoms with Crippen LogP contribution in [0.2, 0.25) is 0 Å². The molecule has 0 aliphatic rings. The first-order valence-corrected chi connectivity index (χ1v) is 5.33. The summed E-state index contributed by atoms with van der Waals surface area (Å²) >= 11 is 0. The first-order valence-electron chi connectivity index (χ1n) is 5.33. The van der Waals surface area contributed by atoms with Crippen LogP contribution >= 0.6 is 0 Å². The van der Waals surface area contributed by atoms with E-state index in [1.807, 2.05) is 0 Å². The normalized spacial score (nSPS) is 9.89. The molecule has 0 saturated carbocycles.